The Morgan fingerprint density at radius 1 is 1.26 bits per heavy atom. The van der Waals surface area contributed by atoms with Gasteiger partial charge in [-0.05, 0) is 38.4 Å². The number of piperidine rings is 1. The van der Waals surface area contributed by atoms with E-state index in [1.54, 1.807) is 6.07 Å². The molecule has 0 aliphatic carbocycles. The molecule has 1 N–H and O–H groups in total. The van der Waals surface area contributed by atoms with Gasteiger partial charge in [0.05, 0.1) is 16.5 Å². The molecule has 27 heavy (non-hydrogen) atoms. The maximum Gasteiger partial charge on any atom is 0.290 e. The average Bonchev–Trinajstić information content (AvgIpc) is 2.92. The summed E-state index contributed by atoms with van der Waals surface area (Å²) in [6.45, 7) is 4.19. The van der Waals surface area contributed by atoms with Gasteiger partial charge in [0, 0.05) is 25.2 Å². The molecule has 144 valence electrons. The molecule has 8 heteroatoms. The highest BCUT2D eigenvalue weighted by atomic mass is 16.6. The topological polar surface area (TPSA) is 104 Å². The largest absolute Gasteiger partial charge is 0.503 e. The molecular weight excluding hydrogens is 350 g/mol. The first-order chi connectivity index (χ1) is 12.9. The van der Waals surface area contributed by atoms with Crippen LogP contribution in [0.2, 0.25) is 0 Å². The van der Waals surface area contributed by atoms with E-state index in [1.165, 1.54) is 36.4 Å². The summed E-state index contributed by atoms with van der Waals surface area (Å²) in [6, 6.07) is 5.07. The van der Waals surface area contributed by atoms with E-state index in [9.17, 15) is 24.8 Å². The van der Waals surface area contributed by atoms with Crippen LogP contribution in [0.15, 0.2) is 35.6 Å². The van der Waals surface area contributed by atoms with Gasteiger partial charge in [0.1, 0.15) is 0 Å². The Hall–Kier alpha value is -2.74. The Labute approximate surface area is 157 Å². The van der Waals surface area contributed by atoms with E-state index >= 15 is 0 Å². The highest BCUT2D eigenvalue weighted by Gasteiger charge is 2.42. The number of nitro benzene ring substituents is 1. The van der Waals surface area contributed by atoms with Crippen LogP contribution < -0.4 is 0 Å². The van der Waals surface area contributed by atoms with Crippen molar-refractivity contribution in [3.63, 3.8) is 0 Å². The van der Waals surface area contributed by atoms with Gasteiger partial charge in [0.25, 0.3) is 11.6 Å². The van der Waals surface area contributed by atoms with Crippen LogP contribution in [-0.2, 0) is 9.59 Å². The molecule has 1 saturated heterocycles. The van der Waals surface area contributed by atoms with Crippen molar-refractivity contribution in [3.05, 3.63) is 51.3 Å². The van der Waals surface area contributed by atoms with Crippen LogP contribution in [0.5, 0.6) is 0 Å². The molecule has 8 nitrogen and oxygen atoms in total. The molecule has 1 fully saturated rings. The number of carbonyl (C=O) groups is 2. The van der Waals surface area contributed by atoms with Crippen LogP contribution in [0, 0.1) is 10.1 Å². The van der Waals surface area contributed by atoms with Gasteiger partial charge in [-0.2, -0.15) is 0 Å². The number of benzene rings is 1. The van der Waals surface area contributed by atoms with E-state index in [1.807, 2.05) is 0 Å². The minimum Gasteiger partial charge on any atom is -0.503 e. The summed E-state index contributed by atoms with van der Waals surface area (Å²) in [7, 11) is 0. The van der Waals surface area contributed by atoms with Crippen LogP contribution in [0.3, 0.4) is 0 Å². The third-order valence-corrected chi connectivity index (χ3v) is 5.19. The number of hydrogen-bond acceptors (Lipinski definition) is 6. The number of amides is 1. The number of likely N-dealkylation sites (tertiary alicyclic amines) is 1. The lowest BCUT2D eigenvalue weighted by Gasteiger charge is -2.31. The molecule has 2 aliphatic heterocycles. The van der Waals surface area contributed by atoms with Crippen molar-refractivity contribution in [1.82, 2.24) is 9.80 Å². The van der Waals surface area contributed by atoms with E-state index < -0.39 is 28.4 Å². The zero-order chi connectivity index (χ0) is 19.6. The third-order valence-electron chi connectivity index (χ3n) is 5.19. The summed E-state index contributed by atoms with van der Waals surface area (Å²) in [5.74, 6) is -1.58. The highest BCUT2D eigenvalue weighted by Crippen LogP contribution is 2.38. The van der Waals surface area contributed by atoms with Crippen LogP contribution in [-0.4, -0.2) is 57.7 Å². The normalized spacial score (nSPS) is 21.0. The number of ketones is 1. The molecule has 3 rings (SSSR count). The first-order valence-electron chi connectivity index (χ1n) is 9.12. The van der Waals surface area contributed by atoms with E-state index in [-0.39, 0.29) is 11.3 Å². The molecule has 1 amide bonds. The second-order valence-electron chi connectivity index (χ2n) is 6.97. The fraction of sp³-hybridized carbons (Fsp3) is 0.474. The number of nitro groups is 1. The van der Waals surface area contributed by atoms with Crippen LogP contribution in [0.1, 0.15) is 37.8 Å². The first kappa shape index (κ1) is 19.0. The molecule has 0 bridgehead atoms. The first-order valence-corrected chi connectivity index (χ1v) is 9.12. The molecule has 2 heterocycles. The number of non-ortho nitro benzene ring substituents is 1. The standard InChI is InChI=1S/C19H23N3O5/c1-13(23)16-17(14-6-5-7-15(12-14)22(26)27)21(19(25)18(16)24)11-10-20-8-3-2-4-9-20/h5-7,12,17,24H,2-4,8-11H2,1H3. The Morgan fingerprint density at radius 3 is 2.59 bits per heavy atom. The van der Waals surface area contributed by atoms with Gasteiger partial charge in [-0.3, -0.25) is 19.7 Å². The summed E-state index contributed by atoms with van der Waals surface area (Å²) in [5.41, 5.74) is 0.329. The quantitative estimate of drug-likeness (QED) is 0.606. The molecule has 2 aliphatic rings. The zero-order valence-corrected chi connectivity index (χ0v) is 15.3. The maximum atomic E-state index is 12.6. The van der Waals surface area contributed by atoms with Gasteiger partial charge in [-0.25, -0.2) is 0 Å². The average molecular weight is 373 g/mol. The predicted octanol–water partition coefficient (Wildman–Crippen LogP) is 2.37. The molecule has 1 atom stereocenters. The van der Waals surface area contributed by atoms with Crippen molar-refractivity contribution in [1.29, 1.82) is 0 Å². The van der Waals surface area contributed by atoms with Crippen LogP contribution in [0.4, 0.5) is 5.69 Å². The van der Waals surface area contributed by atoms with Gasteiger partial charge < -0.3 is 14.9 Å². The molecular formula is C19H23N3O5. The van der Waals surface area contributed by atoms with Crippen LogP contribution in [0.25, 0.3) is 0 Å². The predicted molar refractivity (Wildman–Crippen MR) is 98.2 cm³/mol. The number of aliphatic hydroxyl groups excluding tert-OH is 1. The highest BCUT2D eigenvalue weighted by molar-refractivity contribution is 6.08. The number of Topliss-reactive ketones (excluding diaryl/α,β-unsaturated/α-hetero) is 1. The SMILES string of the molecule is CC(=O)C1=C(O)C(=O)N(CCN2CCCCC2)C1c1cccc([N+](=O)[O-])c1. The summed E-state index contributed by atoms with van der Waals surface area (Å²) in [4.78, 5) is 39.0. The number of rotatable bonds is 6. The molecule has 0 saturated carbocycles. The van der Waals surface area contributed by atoms with Crippen LogP contribution >= 0.6 is 0 Å². The lowest BCUT2D eigenvalue weighted by molar-refractivity contribution is -0.384. The lowest BCUT2D eigenvalue weighted by Crippen LogP contribution is -2.40. The van der Waals surface area contributed by atoms with E-state index in [2.05, 4.69) is 4.90 Å². The number of carbonyl (C=O) groups excluding carboxylic acids is 2. The van der Waals surface area contributed by atoms with Crippen molar-refractivity contribution >= 4 is 17.4 Å². The Kier molecular flexibility index (Phi) is 5.55. The van der Waals surface area contributed by atoms with E-state index in [4.69, 9.17) is 0 Å². The molecule has 0 spiro atoms. The summed E-state index contributed by atoms with van der Waals surface area (Å²) in [5, 5.41) is 21.4. The summed E-state index contributed by atoms with van der Waals surface area (Å²) in [6.07, 6.45) is 3.43. The fourth-order valence-corrected chi connectivity index (χ4v) is 3.83. The van der Waals surface area contributed by atoms with Gasteiger partial charge >= 0.3 is 0 Å². The second-order valence-corrected chi connectivity index (χ2v) is 6.97. The third kappa shape index (κ3) is 3.85. The number of nitrogens with zero attached hydrogens (tertiary/aromatic N) is 3. The van der Waals surface area contributed by atoms with Crippen molar-refractivity contribution in [2.45, 2.75) is 32.2 Å². The maximum absolute atomic E-state index is 12.6. The summed E-state index contributed by atoms with van der Waals surface area (Å²) >= 11 is 0. The van der Waals surface area contributed by atoms with Gasteiger partial charge in [-0.1, -0.05) is 18.6 Å². The number of aliphatic hydroxyl groups is 1. The summed E-state index contributed by atoms with van der Waals surface area (Å²) < 4.78 is 0. The minimum atomic E-state index is -0.806. The Balaban J connectivity index is 1.91. The Morgan fingerprint density at radius 2 is 1.96 bits per heavy atom. The van der Waals surface area contributed by atoms with E-state index in [0.29, 0.717) is 18.7 Å². The molecule has 1 aromatic carbocycles. The van der Waals surface area contributed by atoms with E-state index in [0.717, 1.165) is 25.9 Å². The Bertz CT molecular complexity index is 798. The fourth-order valence-electron chi connectivity index (χ4n) is 3.83. The minimum absolute atomic E-state index is 0.000794. The van der Waals surface area contributed by atoms with Crippen molar-refractivity contribution in [3.8, 4) is 0 Å². The second kappa shape index (κ2) is 7.87. The molecule has 0 aromatic heterocycles. The lowest BCUT2D eigenvalue weighted by atomic mass is 9.96. The molecule has 1 aromatic rings. The van der Waals surface area contributed by atoms with Crippen molar-refractivity contribution < 1.29 is 19.6 Å². The van der Waals surface area contributed by atoms with Gasteiger partial charge in [-0.15, -0.1) is 0 Å². The smallest absolute Gasteiger partial charge is 0.290 e. The van der Waals surface area contributed by atoms with Crippen molar-refractivity contribution in [2.24, 2.45) is 0 Å². The molecule has 0 radical (unpaired) electrons. The van der Waals surface area contributed by atoms with Gasteiger partial charge in [0.2, 0.25) is 0 Å². The monoisotopic (exact) mass is 373 g/mol. The van der Waals surface area contributed by atoms with Gasteiger partial charge in [0.15, 0.2) is 11.5 Å². The molecule has 1 unspecified atom stereocenters. The van der Waals surface area contributed by atoms with Crippen molar-refractivity contribution in [2.75, 3.05) is 26.2 Å². The number of hydrogen-bond donors (Lipinski definition) is 1. The zero-order valence-electron chi connectivity index (χ0n) is 15.3.